The monoisotopic (exact) mass is 284 g/mol. The van der Waals surface area contributed by atoms with Crippen molar-refractivity contribution in [2.24, 2.45) is 0 Å². The Labute approximate surface area is 132 Å². The van der Waals surface area contributed by atoms with Crippen molar-refractivity contribution >= 4 is 0 Å². The summed E-state index contributed by atoms with van der Waals surface area (Å²) in [7, 11) is 0. The molecule has 0 bridgehead atoms. The first-order valence-corrected chi connectivity index (χ1v) is 8.22. The van der Waals surface area contributed by atoms with Crippen LogP contribution in [-0.2, 0) is 0 Å². The van der Waals surface area contributed by atoms with Crippen LogP contribution in [0.1, 0.15) is 67.2 Å². The van der Waals surface area contributed by atoms with Crippen LogP contribution in [-0.4, -0.2) is 0 Å². The van der Waals surface area contributed by atoms with E-state index in [1.54, 1.807) is 0 Å². The fraction of sp³-hybridized carbons (Fsp3) is 0.476. The molecule has 0 unspecified atom stereocenters. The third kappa shape index (κ3) is 9.10. The van der Waals surface area contributed by atoms with Gasteiger partial charge in [-0.05, 0) is 69.4 Å². The highest BCUT2D eigenvalue weighted by Crippen LogP contribution is 2.17. The molecule has 0 aromatic heterocycles. The van der Waals surface area contributed by atoms with Crippen LogP contribution in [0.4, 0.5) is 0 Å². The van der Waals surface area contributed by atoms with Crippen LogP contribution in [0.15, 0.2) is 64.5 Å². The Morgan fingerprint density at radius 3 is 2.24 bits per heavy atom. The number of unbranched alkanes of at least 4 members (excludes halogenated alkanes) is 1. The van der Waals surface area contributed by atoms with Gasteiger partial charge in [-0.1, -0.05) is 51.0 Å². The molecular weight excluding hydrogens is 252 g/mol. The molecule has 116 valence electrons. The van der Waals surface area contributed by atoms with Gasteiger partial charge in [0.2, 0.25) is 0 Å². The molecule has 0 rings (SSSR count). The van der Waals surface area contributed by atoms with E-state index in [0.717, 1.165) is 24.8 Å². The molecule has 0 amide bonds. The Morgan fingerprint density at radius 1 is 1.05 bits per heavy atom. The van der Waals surface area contributed by atoms with E-state index in [1.165, 1.54) is 23.1 Å². The Bertz CT molecular complexity index is 468. The molecule has 0 saturated carbocycles. The smallest absolute Gasteiger partial charge is 0.0160 e. The topological polar surface area (TPSA) is 0 Å². The van der Waals surface area contributed by atoms with Crippen molar-refractivity contribution in [2.75, 3.05) is 0 Å². The molecule has 0 aliphatic heterocycles. The summed E-state index contributed by atoms with van der Waals surface area (Å²) in [6, 6.07) is 0. The fourth-order valence-electron chi connectivity index (χ4n) is 2.06. The van der Waals surface area contributed by atoms with Gasteiger partial charge in [0.25, 0.3) is 0 Å². The molecule has 0 fully saturated rings. The Kier molecular flexibility index (Phi) is 11.4. The summed E-state index contributed by atoms with van der Waals surface area (Å²) in [4.78, 5) is 0. The van der Waals surface area contributed by atoms with Gasteiger partial charge in [-0.3, -0.25) is 0 Å². The molecule has 0 heterocycles. The maximum atomic E-state index is 3.41. The van der Waals surface area contributed by atoms with Crippen molar-refractivity contribution in [3.63, 3.8) is 0 Å². The van der Waals surface area contributed by atoms with Gasteiger partial charge in [0.05, 0.1) is 0 Å². The Hall–Kier alpha value is -1.52. The van der Waals surface area contributed by atoms with E-state index in [-0.39, 0.29) is 0 Å². The van der Waals surface area contributed by atoms with Gasteiger partial charge in [-0.25, -0.2) is 0 Å². The van der Waals surface area contributed by atoms with Gasteiger partial charge in [0.15, 0.2) is 0 Å². The van der Waals surface area contributed by atoms with Crippen molar-refractivity contribution in [1.82, 2.24) is 0 Å². The van der Waals surface area contributed by atoms with Crippen molar-refractivity contribution < 1.29 is 0 Å². The standard InChI is InChI=1S/C21H32/c1-7-11-12-14-19(17-18(5)6)15-16-21(13-8-2)20(9-3)10-4/h9,12-13,15-17H,7-8,10-11H2,1-6H3. The van der Waals surface area contributed by atoms with E-state index in [2.05, 4.69) is 83.7 Å². The van der Waals surface area contributed by atoms with Gasteiger partial charge in [0, 0.05) is 5.57 Å². The SMILES string of the molecule is CC=C(CC)C(C=CC(=C=CCCC)C=C(C)C)=CCC. The average Bonchev–Trinajstić information content (AvgIpc) is 2.45. The first kappa shape index (κ1) is 19.5. The normalized spacial score (nSPS) is 12.3. The van der Waals surface area contributed by atoms with E-state index >= 15 is 0 Å². The van der Waals surface area contributed by atoms with Gasteiger partial charge in [0.1, 0.15) is 0 Å². The number of hydrogen-bond acceptors (Lipinski definition) is 0. The minimum absolute atomic E-state index is 1.06. The maximum absolute atomic E-state index is 3.41. The largest absolute Gasteiger partial charge is 0.117 e. The zero-order valence-corrected chi connectivity index (χ0v) is 14.8. The number of rotatable bonds is 8. The molecule has 0 heteroatoms. The second-order valence-corrected chi connectivity index (χ2v) is 5.38. The third-order valence-corrected chi connectivity index (χ3v) is 3.11. The van der Waals surface area contributed by atoms with E-state index in [0.29, 0.717) is 0 Å². The number of allylic oxidation sites excluding steroid dienone is 9. The Balaban J connectivity index is 5.43. The highest BCUT2D eigenvalue weighted by atomic mass is 14.0. The van der Waals surface area contributed by atoms with E-state index in [1.807, 2.05) is 0 Å². The van der Waals surface area contributed by atoms with Crippen LogP contribution in [0.3, 0.4) is 0 Å². The first-order chi connectivity index (χ1) is 10.1. The minimum Gasteiger partial charge on any atom is -0.117 e. The number of hydrogen-bond donors (Lipinski definition) is 0. The lowest BCUT2D eigenvalue weighted by Gasteiger charge is -2.05. The molecular formula is C21H32. The minimum atomic E-state index is 1.06. The second-order valence-electron chi connectivity index (χ2n) is 5.38. The van der Waals surface area contributed by atoms with Gasteiger partial charge < -0.3 is 0 Å². The zero-order valence-electron chi connectivity index (χ0n) is 14.8. The lowest BCUT2D eigenvalue weighted by molar-refractivity contribution is 0.959. The van der Waals surface area contributed by atoms with Crippen LogP contribution >= 0.6 is 0 Å². The molecule has 21 heavy (non-hydrogen) atoms. The van der Waals surface area contributed by atoms with Gasteiger partial charge in [-0.2, -0.15) is 0 Å². The summed E-state index contributed by atoms with van der Waals surface area (Å²) in [5.41, 5.74) is 8.59. The van der Waals surface area contributed by atoms with Crippen LogP contribution in [0.25, 0.3) is 0 Å². The third-order valence-electron chi connectivity index (χ3n) is 3.11. The van der Waals surface area contributed by atoms with Crippen molar-refractivity contribution in [3.05, 3.63) is 64.5 Å². The molecule has 0 aliphatic rings. The van der Waals surface area contributed by atoms with Crippen LogP contribution in [0.5, 0.6) is 0 Å². The molecule has 0 nitrogen and oxygen atoms in total. The lowest BCUT2D eigenvalue weighted by Crippen LogP contribution is -1.85. The molecule has 0 aliphatic carbocycles. The van der Waals surface area contributed by atoms with Crippen molar-refractivity contribution in [1.29, 1.82) is 0 Å². The van der Waals surface area contributed by atoms with Gasteiger partial charge >= 0.3 is 0 Å². The average molecular weight is 284 g/mol. The van der Waals surface area contributed by atoms with E-state index in [9.17, 15) is 0 Å². The quantitative estimate of drug-likeness (QED) is 0.330. The predicted octanol–water partition coefficient (Wildman–Crippen LogP) is 7.08. The molecule has 0 aromatic rings. The second kappa shape index (κ2) is 12.2. The van der Waals surface area contributed by atoms with Crippen LogP contribution < -0.4 is 0 Å². The predicted molar refractivity (Wildman–Crippen MR) is 97.5 cm³/mol. The highest BCUT2D eigenvalue weighted by Gasteiger charge is 1.98. The van der Waals surface area contributed by atoms with Crippen molar-refractivity contribution in [3.8, 4) is 0 Å². The van der Waals surface area contributed by atoms with Crippen LogP contribution in [0, 0.1) is 0 Å². The molecule has 0 radical (unpaired) electrons. The van der Waals surface area contributed by atoms with Crippen LogP contribution in [0.2, 0.25) is 0 Å². The zero-order chi connectivity index (χ0) is 16.1. The highest BCUT2D eigenvalue weighted by molar-refractivity contribution is 5.44. The first-order valence-electron chi connectivity index (χ1n) is 8.22. The molecule has 0 atom stereocenters. The summed E-state index contributed by atoms with van der Waals surface area (Å²) in [5, 5.41) is 0. The summed E-state index contributed by atoms with van der Waals surface area (Å²) < 4.78 is 0. The van der Waals surface area contributed by atoms with E-state index in [4.69, 9.17) is 0 Å². The molecule has 0 N–H and O–H groups in total. The van der Waals surface area contributed by atoms with Gasteiger partial charge in [-0.15, -0.1) is 5.73 Å². The summed E-state index contributed by atoms with van der Waals surface area (Å²) in [5.74, 6) is 0. The molecule has 0 spiro atoms. The molecule has 0 aromatic carbocycles. The lowest BCUT2D eigenvalue weighted by atomic mass is 10.0. The summed E-state index contributed by atoms with van der Waals surface area (Å²) in [6.45, 7) is 13.0. The summed E-state index contributed by atoms with van der Waals surface area (Å²) >= 11 is 0. The van der Waals surface area contributed by atoms with Crippen molar-refractivity contribution in [2.45, 2.75) is 67.2 Å². The fourth-order valence-corrected chi connectivity index (χ4v) is 2.06. The van der Waals surface area contributed by atoms with E-state index < -0.39 is 0 Å². The maximum Gasteiger partial charge on any atom is 0.0160 e. The Morgan fingerprint density at radius 2 is 1.76 bits per heavy atom. The molecule has 0 saturated heterocycles. The summed E-state index contributed by atoms with van der Waals surface area (Å²) in [6.07, 6.45) is 17.6.